The molecule has 1 aliphatic rings. The largest absolute Gasteiger partial charge is 0.358 e. The van der Waals surface area contributed by atoms with E-state index >= 15 is 0 Å². The second-order valence-corrected chi connectivity index (χ2v) is 9.07. The maximum Gasteiger partial charge on any atom is 0.235 e. The Hall–Kier alpha value is -2.96. The van der Waals surface area contributed by atoms with Gasteiger partial charge < -0.3 is 10.3 Å². The van der Waals surface area contributed by atoms with Gasteiger partial charge in [-0.2, -0.15) is 0 Å². The molecule has 2 N–H and O–H groups in total. The molecule has 0 spiro atoms. The van der Waals surface area contributed by atoms with Crippen LogP contribution < -0.4 is 5.32 Å². The van der Waals surface area contributed by atoms with Crippen LogP contribution in [0.15, 0.2) is 72.2 Å². The second-order valence-electron chi connectivity index (χ2n) is 8.14. The van der Waals surface area contributed by atoms with Crippen LogP contribution in [-0.2, 0) is 4.79 Å². The van der Waals surface area contributed by atoms with Crippen molar-refractivity contribution in [1.82, 2.24) is 20.2 Å². The summed E-state index contributed by atoms with van der Waals surface area (Å²) < 4.78 is 0. The third-order valence-electron chi connectivity index (χ3n) is 6.08. The van der Waals surface area contributed by atoms with E-state index in [0.29, 0.717) is 12.5 Å². The van der Waals surface area contributed by atoms with E-state index in [2.05, 4.69) is 50.5 Å². The van der Waals surface area contributed by atoms with Crippen molar-refractivity contribution in [2.75, 3.05) is 19.6 Å². The quantitative estimate of drug-likeness (QED) is 0.466. The van der Waals surface area contributed by atoms with Crippen molar-refractivity contribution in [2.24, 2.45) is 0 Å². The number of para-hydroxylation sites is 1. The Labute approximate surface area is 186 Å². The van der Waals surface area contributed by atoms with Gasteiger partial charge in [0.1, 0.15) is 11.0 Å². The topological polar surface area (TPSA) is 61.0 Å². The number of hydrogen-bond acceptors (Lipinski definition) is 4. The van der Waals surface area contributed by atoms with E-state index in [-0.39, 0.29) is 11.9 Å². The van der Waals surface area contributed by atoms with E-state index in [0.717, 1.165) is 36.5 Å². The first kappa shape index (κ1) is 20.0. The van der Waals surface area contributed by atoms with Gasteiger partial charge in [0.15, 0.2) is 0 Å². The smallest absolute Gasteiger partial charge is 0.235 e. The molecular weight excluding hydrogens is 404 g/mol. The van der Waals surface area contributed by atoms with Crippen LogP contribution in [0.5, 0.6) is 0 Å². The number of fused-ring (bicyclic) bond motifs is 1. The van der Waals surface area contributed by atoms with Crippen molar-refractivity contribution in [3.05, 3.63) is 88.5 Å². The normalized spacial score (nSPS) is 16.4. The van der Waals surface area contributed by atoms with E-state index in [1.165, 1.54) is 16.6 Å². The lowest BCUT2D eigenvalue weighted by molar-refractivity contribution is -0.123. The van der Waals surface area contributed by atoms with Gasteiger partial charge in [0, 0.05) is 28.7 Å². The van der Waals surface area contributed by atoms with Crippen molar-refractivity contribution in [2.45, 2.75) is 24.8 Å². The molecule has 1 unspecified atom stereocenters. The highest BCUT2D eigenvalue weighted by molar-refractivity contribution is 7.09. The number of hydrogen-bond donors (Lipinski definition) is 2. The molecule has 2 aromatic heterocycles. The second kappa shape index (κ2) is 9.04. The van der Waals surface area contributed by atoms with Crippen molar-refractivity contribution in [3.8, 4) is 0 Å². The van der Waals surface area contributed by atoms with Gasteiger partial charge in [-0.05, 0) is 49.0 Å². The molecule has 1 atom stereocenters. The number of thiazole rings is 1. The molecule has 0 bridgehead atoms. The Bertz CT molecular complexity index is 1100. The molecule has 1 fully saturated rings. The van der Waals surface area contributed by atoms with Gasteiger partial charge in [-0.25, -0.2) is 4.98 Å². The molecule has 6 heteroatoms. The molecule has 3 heterocycles. The van der Waals surface area contributed by atoms with Gasteiger partial charge in [0.05, 0.1) is 6.54 Å². The number of amides is 1. The third kappa shape index (κ3) is 4.55. The lowest BCUT2D eigenvalue weighted by Gasteiger charge is -2.31. The number of aromatic nitrogens is 2. The number of H-pyrrole nitrogens is 1. The van der Waals surface area contributed by atoms with E-state index in [1.807, 2.05) is 35.7 Å². The van der Waals surface area contributed by atoms with Crippen LogP contribution in [0.2, 0.25) is 0 Å². The molecule has 2 aromatic carbocycles. The fourth-order valence-electron chi connectivity index (χ4n) is 4.44. The predicted molar refractivity (Wildman–Crippen MR) is 125 cm³/mol. The lowest BCUT2D eigenvalue weighted by atomic mass is 9.93. The minimum atomic E-state index is -0.197. The van der Waals surface area contributed by atoms with E-state index < -0.39 is 0 Å². The van der Waals surface area contributed by atoms with Crippen LogP contribution in [0.1, 0.15) is 41.1 Å². The van der Waals surface area contributed by atoms with Gasteiger partial charge in [-0.15, -0.1) is 11.3 Å². The Morgan fingerprint density at radius 2 is 1.90 bits per heavy atom. The molecule has 1 amide bonds. The summed E-state index contributed by atoms with van der Waals surface area (Å²) in [7, 11) is 0. The number of nitrogens with one attached hydrogen (secondary N) is 2. The average molecular weight is 431 g/mol. The summed E-state index contributed by atoms with van der Waals surface area (Å²) in [6, 6.07) is 20.6. The zero-order chi connectivity index (χ0) is 21.0. The summed E-state index contributed by atoms with van der Waals surface area (Å²) in [5.41, 5.74) is 3.58. The Kier molecular flexibility index (Phi) is 5.82. The maximum absolute atomic E-state index is 12.9. The molecule has 31 heavy (non-hydrogen) atoms. The van der Waals surface area contributed by atoms with E-state index in [1.54, 1.807) is 17.5 Å². The minimum absolute atomic E-state index is 0.0492. The van der Waals surface area contributed by atoms with Crippen molar-refractivity contribution in [1.29, 1.82) is 0 Å². The molecule has 1 saturated heterocycles. The fraction of sp³-hybridized carbons (Fsp3) is 0.280. The zero-order valence-corrected chi connectivity index (χ0v) is 18.1. The number of aromatic amines is 1. The van der Waals surface area contributed by atoms with Gasteiger partial charge in [0.25, 0.3) is 0 Å². The summed E-state index contributed by atoms with van der Waals surface area (Å²) in [5.74, 6) is 0.576. The molecule has 4 aromatic rings. The van der Waals surface area contributed by atoms with Crippen LogP contribution in [0, 0.1) is 0 Å². The van der Waals surface area contributed by atoms with Gasteiger partial charge in [-0.1, -0.05) is 48.5 Å². The summed E-state index contributed by atoms with van der Waals surface area (Å²) in [5, 5.41) is 7.34. The van der Waals surface area contributed by atoms with Crippen LogP contribution in [0.3, 0.4) is 0 Å². The molecule has 1 aliphatic heterocycles. The van der Waals surface area contributed by atoms with Crippen molar-refractivity contribution >= 4 is 28.1 Å². The molecule has 0 saturated carbocycles. The third-order valence-corrected chi connectivity index (χ3v) is 6.92. The van der Waals surface area contributed by atoms with Gasteiger partial charge >= 0.3 is 0 Å². The number of carbonyl (C=O) groups is 1. The summed E-state index contributed by atoms with van der Waals surface area (Å²) >= 11 is 1.57. The van der Waals surface area contributed by atoms with Crippen LogP contribution in [0.4, 0.5) is 0 Å². The number of likely N-dealkylation sites (tertiary alicyclic amines) is 1. The first-order valence-electron chi connectivity index (χ1n) is 10.8. The lowest BCUT2D eigenvalue weighted by Crippen LogP contribution is -2.42. The molecule has 5 nitrogen and oxygen atoms in total. The van der Waals surface area contributed by atoms with Gasteiger partial charge in [-0.3, -0.25) is 9.69 Å². The van der Waals surface area contributed by atoms with Crippen LogP contribution in [0.25, 0.3) is 10.9 Å². The standard InChI is InChI=1S/C25H26N4OS/c30-23(28-24(25-26-12-15-31-25)19-6-2-1-3-7-19)17-29-13-10-18(11-14-29)22-16-20-8-4-5-9-21(20)27-22/h1-9,12,15-16,18,24,27H,10-11,13-14,17H2,(H,28,30). The fourth-order valence-corrected chi connectivity index (χ4v) is 5.15. The predicted octanol–water partition coefficient (Wildman–Crippen LogP) is 4.71. The van der Waals surface area contributed by atoms with Crippen LogP contribution in [-0.4, -0.2) is 40.4 Å². The summed E-state index contributed by atoms with van der Waals surface area (Å²) in [6.45, 7) is 2.29. The average Bonchev–Trinajstić information content (AvgIpc) is 3.49. The highest BCUT2D eigenvalue weighted by Crippen LogP contribution is 2.30. The zero-order valence-electron chi connectivity index (χ0n) is 17.3. The molecule has 0 radical (unpaired) electrons. The SMILES string of the molecule is O=C(CN1CCC(c2cc3ccccc3[nH]2)CC1)NC(c1ccccc1)c1nccs1. The minimum Gasteiger partial charge on any atom is -0.358 e. The first-order chi connectivity index (χ1) is 15.3. The van der Waals surface area contributed by atoms with E-state index in [4.69, 9.17) is 0 Å². The van der Waals surface area contributed by atoms with Crippen molar-refractivity contribution in [3.63, 3.8) is 0 Å². The number of piperidine rings is 1. The number of benzene rings is 2. The molecule has 158 valence electrons. The number of nitrogens with zero attached hydrogens (tertiary/aromatic N) is 2. The summed E-state index contributed by atoms with van der Waals surface area (Å²) in [6.07, 6.45) is 3.92. The summed E-state index contributed by atoms with van der Waals surface area (Å²) in [4.78, 5) is 23.2. The Morgan fingerprint density at radius 3 is 2.65 bits per heavy atom. The maximum atomic E-state index is 12.9. The first-order valence-corrected chi connectivity index (χ1v) is 11.7. The number of rotatable bonds is 6. The Morgan fingerprint density at radius 1 is 1.13 bits per heavy atom. The molecule has 5 rings (SSSR count). The number of carbonyl (C=O) groups excluding carboxylic acids is 1. The monoisotopic (exact) mass is 430 g/mol. The van der Waals surface area contributed by atoms with Gasteiger partial charge in [0.2, 0.25) is 5.91 Å². The molecular formula is C25H26N4OS. The Balaban J connectivity index is 1.19. The van der Waals surface area contributed by atoms with Crippen LogP contribution >= 0.6 is 11.3 Å². The van der Waals surface area contributed by atoms with E-state index in [9.17, 15) is 4.79 Å². The highest BCUT2D eigenvalue weighted by Gasteiger charge is 2.25. The van der Waals surface area contributed by atoms with Crippen molar-refractivity contribution < 1.29 is 4.79 Å². The highest BCUT2D eigenvalue weighted by atomic mass is 32.1. The molecule has 0 aliphatic carbocycles.